The molecule has 2 aliphatic rings. The molecule has 7 heteroatoms. The Balaban J connectivity index is 2.11. The molecule has 2 bridgehead atoms. The van der Waals surface area contributed by atoms with Crippen LogP contribution in [0.25, 0.3) is 0 Å². The van der Waals surface area contributed by atoms with Gasteiger partial charge in [-0.3, -0.25) is 0 Å². The first kappa shape index (κ1) is 17.8. The molecule has 4 atom stereocenters. The van der Waals surface area contributed by atoms with Gasteiger partial charge in [0.2, 0.25) is 10.0 Å². The largest absolute Gasteiger partial charge is 0.396 e. The van der Waals surface area contributed by atoms with E-state index in [2.05, 4.69) is 0 Å². The molecular weight excluding hydrogens is 330 g/mol. The van der Waals surface area contributed by atoms with Gasteiger partial charge in [0.1, 0.15) is 5.72 Å². The third-order valence-corrected chi connectivity index (χ3v) is 7.59. The van der Waals surface area contributed by atoms with Gasteiger partial charge >= 0.3 is 0 Å². The van der Waals surface area contributed by atoms with Crippen molar-refractivity contribution in [1.29, 1.82) is 0 Å². The van der Waals surface area contributed by atoms with E-state index in [1.165, 1.54) is 11.4 Å². The molecular formula is C17H25NO5S. The second-order valence-electron chi connectivity index (χ2n) is 6.83. The molecule has 1 aromatic carbocycles. The van der Waals surface area contributed by atoms with Gasteiger partial charge in [-0.2, -0.15) is 4.31 Å². The van der Waals surface area contributed by atoms with Gasteiger partial charge in [-0.1, -0.05) is 17.7 Å². The zero-order valence-corrected chi connectivity index (χ0v) is 14.9. The van der Waals surface area contributed by atoms with Gasteiger partial charge in [0.05, 0.1) is 11.5 Å². The first-order valence-corrected chi connectivity index (χ1v) is 9.72. The molecule has 0 radical (unpaired) electrons. The highest BCUT2D eigenvalue weighted by atomic mass is 32.2. The van der Waals surface area contributed by atoms with Gasteiger partial charge in [0, 0.05) is 25.7 Å². The lowest BCUT2D eigenvalue weighted by Crippen LogP contribution is -2.62. The molecule has 1 aromatic rings. The summed E-state index contributed by atoms with van der Waals surface area (Å²) in [5.74, 6) is -0.535. The molecule has 2 fully saturated rings. The lowest BCUT2D eigenvalue weighted by Gasteiger charge is -2.49. The molecule has 3 rings (SSSR count). The van der Waals surface area contributed by atoms with Crippen molar-refractivity contribution >= 4 is 10.0 Å². The smallest absolute Gasteiger partial charge is 0.245 e. The number of hydrogen-bond acceptors (Lipinski definition) is 5. The summed E-state index contributed by atoms with van der Waals surface area (Å²) < 4.78 is 33.8. The number of aliphatic hydroxyl groups is 2. The molecule has 134 valence electrons. The van der Waals surface area contributed by atoms with E-state index in [0.717, 1.165) is 5.56 Å². The minimum Gasteiger partial charge on any atom is -0.396 e. The van der Waals surface area contributed by atoms with Crippen LogP contribution in [0.5, 0.6) is 0 Å². The third-order valence-electron chi connectivity index (χ3n) is 5.63. The molecule has 2 saturated heterocycles. The maximum Gasteiger partial charge on any atom is 0.245 e. The Kier molecular flexibility index (Phi) is 4.74. The highest BCUT2D eigenvalue weighted by Gasteiger charge is 2.62. The van der Waals surface area contributed by atoms with Crippen LogP contribution < -0.4 is 0 Å². The fourth-order valence-corrected chi connectivity index (χ4v) is 6.42. The van der Waals surface area contributed by atoms with E-state index >= 15 is 0 Å². The highest BCUT2D eigenvalue weighted by molar-refractivity contribution is 7.89. The third kappa shape index (κ3) is 2.50. The average Bonchev–Trinajstić information content (AvgIpc) is 2.90. The van der Waals surface area contributed by atoms with E-state index in [1.54, 1.807) is 24.3 Å². The Morgan fingerprint density at radius 1 is 1.25 bits per heavy atom. The number of aliphatic hydroxyl groups excluding tert-OH is 2. The lowest BCUT2D eigenvalue weighted by molar-refractivity contribution is -0.166. The number of hydrogen-bond donors (Lipinski definition) is 2. The first-order chi connectivity index (χ1) is 11.4. The Hall–Kier alpha value is -0.990. The molecule has 2 heterocycles. The number of methoxy groups -OCH3 is 1. The van der Waals surface area contributed by atoms with E-state index in [-0.39, 0.29) is 36.0 Å². The Morgan fingerprint density at radius 3 is 2.46 bits per heavy atom. The van der Waals surface area contributed by atoms with Gasteiger partial charge in [0.15, 0.2) is 0 Å². The van der Waals surface area contributed by atoms with Crippen molar-refractivity contribution in [3.8, 4) is 0 Å². The van der Waals surface area contributed by atoms with Crippen LogP contribution in [-0.2, 0) is 14.8 Å². The maximum atomic E-state index is 13.3. The number of fused-ring (bicyclic) bond motifs is 2. The van der Waals surface area contributed by atoms with Gasteiger partial charge in [-0.25, -0.2) is 8.42 Å². The van der Waals surface area contributed by atoms with Crippen molar-refractivity contribution in [2.45, 2.75) is 42.8 Å². The summed E-state index contributed by atoms with van der Waals surface area (Å²) in [5, 5.41) is 19.6. The molecule has 2 N–H and O–H groups in total. The molecule has 4 unspecified atom stereocenters. The summed E-state index contributed by atoms with van der Waals surface area (Å²) in [5.41, 5.74) is -0.0482. The van der Waals surface area contributed by atoms with Crippen molar-refractivity contribution in [3.63, 3.8) is 0 Å². The maximum absolute atomic E-state index is 13.3. The van der Waals surface area contributed by atoms with Crippen LogP contribution in [0, 0.1) is 18.8 Å². The summed E-state index contributed by atoms with van der Waals surface area (Å²) in [6.45, 7) is 1.64. The van der Waals surface area contributed by atoms with Crippen molar-refractivity contribution < 1.29 is 23.4 Å². The first-order valence-electron chi connectivity index (χ1n) is 8.28. The summed E-state index contributed by atoms with van der Waals surface area (Å²) >= 11 is 0. The fourth-order valence-electron chi connectivity index (χ4n) is 4.36. The molecule has 2 aliphatic heterocycles. The molecule has 0 amide bonds. The number of rotatable bonds is 5. The van der Waals surface area contributed by atoms with Crippen LogP contribution in [0.15, 0.2) is 29.2 Å². The second kappa shape index (κ2) is 6.38. The van der Waals surface area contributed by atoms with Crippen LogP contribution in [0.1, 0.15) is 24.8 Å². The zero-order valence-electron chi connectivity index (χ0n) is 14.1. The van der Waals surface area contributed by atoms with E-state index in [4.69, 9.17) is 4.74 Å². The fraction of sp³-hybridized carbons (Fsp3) is 0.647. The SMILES string of the molecule is COC12CCC(C(CO)CC1CO)N2S(=O)(=O)c1ccc(C)cc1. The van der Waals surface area contributed by atoms with Crippen LogP contribution >= 0.6 is 0 Å². The number of sulfonamides is 1. The molecule has 0 saturated carbocycles. The Bertz CT molecular complexity index is 689. The van der Waals surface area contributed by atoms with E-state index < -0.39 is 15.7 Å². The number of aryl methyl sites for hydroxylation is 1. The quantitative estimate of drug-likeness (QED) is 0.826. The average molecular weight is 355 g/mol. The second-order valence-corrected chi connectivity index (χ2v) is 8.64. The number of nitrogens with zero attached hydrogens (tertiary/aromatic N) is 1. The van der Waals surface area contributed by atoms with Gasteiger partial charge in [-0.15, -0.1) is 0 Å². The van der Waals surface area contributed by atoms with Crippen molar-refractivity contribution in [2.75, 3.05) is 20.3 Å². The van der Waals surface area contributed by atoms with E-state index in [1.807, 2.05) is 6.92 Å². The Labute approximate surface area is 143 Å². The number of ether oxygens (including phenoxy) is 1. The number of piperidine rings is 1. The molecule has 0 spiro atoms. The van der Waals surface area contributed by atoms with Crippen molar-refractivity contribution in [1.82, 2.24) is 4.31 Å². The standard InChI is InChI=1S/C17H25NO5S/c1-12-3-5-15(6-4-12)24(21,22)18-16-7-8-17(18,23-2)14(11-20)9-13(16)10-19/h3-6,13-14,16,19-20H,7-11H2,1-2H3. The zero-order chi connectivity index (χ0) is 17.5. The van der Waals surface area contributed by atoms with Gasteiger partial charge in [0.25, 0.3) is 0 Å². The minimum atomic E-state index is -3.79. The summed E-state index contributed by atoms with van der Waals surface area (Å²) in [7, 11) is -2.28. The van der Waals surface area contributed by atoms with E-state index in [0.29, 0.717) is 19.3 Å². The summed E-state index contributed by atoms with van der Waals surface area (Å²) in [6.07, 6.45) is 1.72. The molecule has 0 aromatic heterocycles. The van der Waals surface area contributed by atoms with Crippen LogP contribution in [0.2, 0.25) is 0 Å². The Morgan fingerprint density at radius 2 is 1.92 bits per heavy atom. The molecule has 6 nitrogen and oxygen atoms in total. The number of benzene rings is 1. The normalized spacial score (nSPS) is 33.8. The lowest BCUT2D eigenvalue weighted by atomic mass is 9.83. The van der Waals surface area contributed by atoms with Gasteiger partial charge in [-0.05, 0) is 44.2 Å². The van der Waals surface area contributed by atoms with Gasteiger partial charge < -0.3 is 14.9 Å². The minimum absolute atomic E-state index is 0.0964. The van der Waals surface area contributed by atoms with Crippen molar-refractivity contribution in [2.24, 2.45) is 11.8 Å². The predicted molar refractivity (Wildman–Crippen MR) is 88.7 cm³/mol. The highest BCUT2D eigenvalue weighted by Crippen LogP contribution is 2.52. The summed E-state index contributed by atoms with van der Waals surface area (Å²) in [4.78, 5) is 0.219. The van der Waals surface area contributed by atoms with Crippen molar-refractivity contribution in [3.05, 3.63) is 29.8 Å². The monoisotopic (exact) mass is 355 g/mol. The molecule has 0 aliphatic carbocycles. The van der Waals surface area contributed by atoms with Crippen LogP contribution in [0.4, 0.5) is 0 Å². The molecule has 24 heavy (non-hydrogen) atoms. The summed E-state index contributed by atoms with van der Waals surface area (Å²) in [6, 6.07) is 6.44. The van der Waals surface area contributed by atoms with Crippen LogP contribution in [-0.4, -0.2) is 55.0 Å². The van der Waals surface area contributed by atoms with E-state index in [9.17, 15) is 18.6 Å². The topological polar surface area (TPSA) is 87.1 Å². The predicted octanol–water partition coefficient (Wildman–Crippen LogP) is 1.11. The van der Waals surface area contributed by atoms with Crippen LogP contribution in [0.3, 0.4) is 0 Å².